The molecule has 2 aromatic carbocycles. The summed E-state index contributed by atoms with van der Waals surface area (Å²) in [7, 11) is -4.01. The second-order valence-electron chi connectivity index (χ2n) is 7.14. The third-order valence-corrected chi connectivity index (χ3v) is 5.38. The summed E-state index contributed by atoms with van der Waals surface area (Å²) in [6, 6.07) is 11.6. The summed E-state index contributed by atoms with van der Waals surface area (Å²) in [6.45, 7) is 1.66. The number of sulfonamides is 1. The van der Waals surface area contributed by atoms with Crippen LogP contribution in [-0.4, -0.2) is 33.5 Å². The minimum absolute atomic E-state index is 0. The van der Waals surface area contributed by atoms with Crippen molar-refractivity contribution in [2.24, 2.45) is 0 Å². The zero-order valence-electron chi connectivity index (χ0n) is 16.3. The Balaban J connectivity index is 0.00000320. The number of benzene rings is 2. The van der Waals surface area contributed by atoms with E-state index in [-0.39, 0.29) is 24.1 Å². The van der Waals surface area contributed by atoms with Crippen molar-refractivity contribution < 1.29 is 26.3 Å². The van der Waals surface area contributed by atoms with Gasteiger partial charge >= 0.3 is 6.18 Å². The van der Waals surface area contributed by atoms with Crippen LogP contribution in [0.1, 0.15) is 28.3 Å². The first-order chi connectivity index (χ1) is 13.6. The Bertz CT molecular complexity index is 937. The number of ether oxygens (including phenoxy) is 1. The largest absolute Gasteiger partial charge is 0.408 e. The summed E-state index contributed by atoms with van der Waals surface area (Å²) in [6.07, 6.45) is -3.17. The number of hydrogen-bond acceptors (Lipinski definition) is 4. The summed E-state index contributed by atoms with van der Waals surface area (Å²) in [5.74, 6) is 0. The van der Waals surface area contributed by atoms with Gasteiger partial charge in [0.2, 0.25) is 10.0 Å². The van der Waals surface area contributed by atoms with Crippen molar-refractivity contribution in [3.63, 3.8) is 0 Å². The van der Waals surface area contributed by atoms with Gasteiger partial charge in [-0.3, -0.25) is 0 Å². The van der Waals surface area contributed by atoms with Gasteiger partial charge in [-0.15, -0.1) is 12.4 Å². The van der Waals surface area contributed by atoms with Crippen LogP contribution >= 0.6 is 12.4 Å². The zero-order chi connectivity index (χ0) is 21.1. The average Bonchev–Trinajstić information content (AvgIpc) is 2.65. The third-order valence-electron chi connectivity index (χ3n) is 4.71. The number of halogens is 4. The lowest BCUT2D eigenvalue weighted by molar-refractivity contribution is -0.153. The van der Waals surface area contributed by atoms with E-state index in [4.69, 9.17) is 4.74 Å². The highest BCUT2D eigenvalue weighted by atomic mass is 35.5. The van der Waals surface area contributed by atoms with E-state index in [1.165, 1.54) is 23.3 Å². The summed E-state index contributed by atoms with van der Waals surface area (Å²) in [4.78, 5) is 0. The van der Waals surface area contributed by atoms with Gasteiger partial charge in [-0.05, 0) is 22.3 Å². The molecule has 0 fully saturated rings. The lowest BCUT2D eigenvalue weighted by Gasteiger charge is -2.25. The number of nitrogens with one attached hydrogen (secondary N) is 2. The molecule has 0 amide bonds. The first-order valence-electron chi connectivity index (χ1n) is 9.14. The molecule has 0 aromatic heterocycles. The standard InChI is InChI=1S/C20H23F3N2O3S.ClH/c1-29(26,27)25-19(20(21,22)23)15-8-6-14(7-9-15)11-24-12-18-10-16-4-2-3-5-17(16)13-28-18;/h2-9,18-19,24-25H,10-13H2,1H3;1H/t18?,19-;/m0./s1. The molecule has 1 aliphatic rings. The van der Waals surface area contributed by atoms with Crippen LogP contribution in [0.25, 0.3) is 0 Å². The zero-order valence-corrected chi connectivity index (χ0v) is 17.9. The maximum atomic E-state index is 13.2. The van der Waals surface area contributed by atoms with Gasteiger partial charge in [0, 0.05) is 19.5 Å². The van der Waals surface area contributed by atoms with E-state index in [2.05, 4.69) is 11.4 Å². The lowest BCUT2D eigenvalue weighted by atomic mass is 9.99. The van der Waals surface area contributed by atoms with Gasteiger partial charge in [-0.2, -0.15) is 17.9 Å². The Morgan fingerprint density at radius 1 is 1.10 bits per heavy atom. The number of hydrogen-bond donors (Lipinski definition) is 2. The Morgan fingerprint density at radius 3 is 2.33 bits per heavy atom. The molecule has 5 nitrogen and oxygen atoms in total. The molecule has 1 aliphatic heterocycles. The predicted molar refractivity (Wildman–Crippen MR) is 111 cm³/mol. The first kappa shape index (κ1) is 24.6. The Labute approximate surface area is 180 Å². The molecule has 0 bridgehead atoms. The molecule has 3 rings (SSSR count). The Morgan fingerprint density at radius 2 is 1.73 bits per heavy atom. The smallest absolute Gasteiger partial charge is 0.372 e. The normalized spacial score (nSPS) is 17.7. The molecule has 0 spiro atoms. The van der Waals surface area contributed by atoms with E-state index in [1.807, 2.05) is 18.2 Å². The quantitative estimate of drug-likeness (QED) is 0.658. The molecule has 0 saturated heterocycles. The van der Waals surface area contributed by atoms with E-state index in [1.54, 1.807) is 16.9 Å². The van der Waals surface area contributed by atoms with Gasteiger partial charge in [0.25, 0.3) is 0 Å². The highest BCUT2D eigenvalue weighted by molar-refractivity contribution is 7.88. The average molecular weight is 465 g/mol. The molecular weight excluding hydrogens is 441 g/mol. The van der Waals surface area contributed by atoms with Crippen molar-refractivity contribution in [3.05, 3.63) is 70.8 Å². The molecule has 0 radical (unpaired) electrons. The van der Waals surface area contributed by atoms with Crippen LogP contribution in [0.4, 0.5) is 13.2 Å². The van der Waals surface area contributed by atoms with Gasteiger partial charge < -0.3 is 10.1 Å². The minimum atomic E-state index is -4.72. The van der Waals surface area contributed by atoms with Crippen molar-refractivity contribution in [1.82, 2.24) is 10.0 Å². The van der Waals surface area contributed by atoms with Crippen LogP contribution in [0.5, 0.6) is 0 Å². The van der Waals surface area contributed by atoms with Crippen LogP contribution in [0.15, 0.2) is 48.5 Å². The molecule has 1 unspecified atom stereocenters. The van der Waals surface area contributed by atoms with Crippen LogP contribution in [0, 0.1) is 0 Å². The molecular formula is C20H24ClF3N2O3S. The summed E-state index contributed by atoms with van der Waals surface area (Å²) >= 11 is 0. The van der Waals surface area contributed by atoms with Crippen LogP contribution in [0.3, 0.4) is 0 Å². The molecule has 1 heterocycles. The molecule has 30 heavy (non-hydrogen) atoms. The summed E-state index contributed by atoms with van der Waals surface area (Å²) in [5, 5.41) is 3.26. The maximum absolute atomic E-state index is 13.2. The monoisotopic (exact) mass is 464 g/mol. The fraction of sp³-hybridized carbons (Fsp3) is 0.400. The third kappa shape index (κ3) is 6.95. The highest BCUT2D eigenvalue weighted by Gasteiger charge is 2.42. The number of rotatable bonds is 7. The molecule has 2 N–H and O–H groups in total. The van der Waals surface area contributed by atoms with Crippen molar-refractivity contribution in [2.75, 3.05) is 12.8 Å². The van der Waals surface area contributed by atoms with Gasteiger partial charge in [-0.25, -0.2) is 8.42 Å². The molecule has 166 valence electrons. The highest BCUT2D eigenvalue weighted by Crippen LogP contribution is 2.33. The van der Waals surface area contributed by atoms with E-state index >= 15 is 0 Å². The van der Waals surface area contributed by atoms with Gasteiger partial charge in [0.15, 0.2) is 0 Å². The van der Waals surface area contributed by atoms with E-state index in [9.17, 15) is 21.6 Å². The van der Waals surface area contributed by atoms with Crippen molar-refractivity contribution in [3.8, 4) is 0 Å². The molecule has 2 atom stereocenters. The van der Waals surface area contributed by atoms with Crippen LogP contribution < -0.4 is 10.0 Å². The number of fused-ring (bicyclic) bond motifs is 1. The number of alkyl halides is 3. The maximum Gasteiger partial charge on any atom is 0.408 e. The fourth-order valence-electron chi connectivity index (χ4n) is 3.28. The van der Waals surface area contributed by atoms with E-state index in [0.29, 0.717) is 26.0 Å². The van der Waals surface area contributed by atoms with Crippen LogP contribution in [-0.2, 0) is 34.3 Å². The topological polar surface area (TPSA) is 67.4 Å². The van der Waals surface area contributed by atoms with Crippen molar-refractivity contribution >= 4 is 22.4 Å². The molecule has 0 aliphatic carbocycles. The second-order valence-corrected chi connectivity index (χ2v) is 8.92. The van der Waals surface area contributed by atoms with Crippen LogP contribution in [0.2, 0.25) is 0 Å². The Hall–Kier alpha value is -1.65. The van der Waals surface area contributed by atoms with Gasteiger partial charge in [-0.1, -0.05) is 48.5 Å². The predicted octanol–water partition coefficient (Wildman–Crippen LogP) is 3.49. The summed E-state index contributed by atoms with van der Waals surface area (Å²) < 4.78 is 69.6. The fourth-order valence-corrected chi connectivity index (χ4v) is 3.98. The van der Waals surface area contributed by atoms with Crippen molar-refractivity contribution in [1.29, 1.82) is 0 Å². The molecule has 2 aromatic rings. The first-order valence-corrected chi connectivity index (χ1v) is 11.0. The van der Waals surface area contributed by atoms with E-state index < -0.39 is 22.2 Å². The lowest BCUT2D eigenvalue weighted by Crippen LogP contribution is -2.37. The summed E-state index contributed by atoms with van der Waals surface area (Å²) in [5.41, 5.74) is 3.11. The van der Waals surface area contributed by atoms with Crippen molar-refractivity contribution in [2.45, 2.75) is 37.9 Å². The molecule has 10 heteroatoms. The Kier molecular flexibility index (Phi) is 8.29. The van der Waals surface area contributed by atoms with Gasteiger partial charge in [0.05, 0.1) is 19.0 Å². The van der Waals surface area contributed by atoms with E-state index in [0.717, 1.165) is 12.0 Å². The SMILES string of the molecule is CS(=O)(=O)N[C@@H](c1ccc(CNCC2Cc3ccccc3CO2)cc1)C(F)(F)F.Cl. The van der Waals surface area contributed by atoms with Gasteiger partial charge in [0.1, 0.15) is 6.04 Å². The minimum Gasteiger partial charge on any atom is -0.372 e. The molecule has 0 saturated carbocycles. The second kappa shape index (κ2) is 10.1.